The van der Waals surface area contributed by atoms with Crippen LogP contribution in [0.15, 0.2) is 0 Å². The Balaban J connectivity index is 2.17. The maximum Gasteiger partial charge on any atom is 0.249 e. The second-order valence-corrected chi connectivity index (χ2v) is 7.03. The summed E-state index contributed by atoms with van der Waals surface area (Å²) >= 11 is 1.59. The molecule has 0 radical (unpaired) electrons. The third kappa shape index (κ3) is 9.72. The van der Waals surface area contributed by atoms with Gasteiger partial charge in [0.25, 0.3) is 0 Å². The SMILES string of the molecule is COCCOCCOCC(=O)N1CSCC1C(=O)NCCCCCCN. The van der Waals surface area contributed by atoms with Gasteiger partial charge in [-0.15, -0.1) is 11.8 Å². The Hall–Kier alpha value is -0.870. The Kier molecular flexibility index (Phi) is 13.6. The highest BCUT2D eigenvalue weighted by molar-refractivity contribution is 7.99. The molecule has 26 heavy (non-hydrogen) atoms. The second-order valence-electron chi connectivity index (χ2n) is 6.03. The summed E-state index contributed by atoms with van der Waals surface area (Å²) < 4.78 is 15.5. The molecule has 0 spiro atoms. The van der Waals surface area contributed by atoms with Crippen molar-refractivity contribution in [3.05, 3.63) is 0 Å². The molecule has 1 aliphatic heterocycles. The van der Waals surface area contributed by atoms with Gasteiger partial charge in [0.15, 0.2) is 0 Å². The van der Waals surface area contributed by atoms with E-state index >= 15 is 0 Å². The Morgan fingerprint density at radius 2 is 1.85 bits per heavy atom. The molecular weight excluding hydrogens is 358 g/mol. The first kappa shape index (κ1) is 23.2. The van der Waals surface area contributed by atoms with Crippen LogP contribution in [0.3, 0.4) is 0 Å². The third-order valence-corrected chi connectivity index (χ3v) is 4.98. The fraction of sp³-hybridized carbons (Fsp3) is 0.882. The van der Waals surface area contributed by atoms with Gasteiger partial charge >= 0.3 is 0 Å². The van der Waals surface area contributed by atoms with Crippen molar-refractivity contribution in [1.82, 2.24) is 10.2 Å². The van der Waals surface area contributed by atoms with Crippen molar-refractivity contribution in [2.45, 2.75) is 31.7 Å². The van der Waals surface area contributed by atoms with Crippen LogP contribution in [-0.2, 0) is 23.8 Å². The van der Waals surface area contributed by atoms with Crippen LogP contribution in [-0.4, -0.2) is 87.6 Å². The first-order valence-electron chi connectivity index (χ1n) is 9.20. The van der Waals surface area contributed by atoms with Gasteiger partial charge in [0.2, 0.25) is 11.8 Å². The lowest BCUT2D eigenvalue weighted by atomic mass is 10.2. The molecule has 1 rings (SSSR count). The molecule has 1 aliphatic rings. The van der Waals surface area contributed by atoms with Gasteiger partial charge in [-0.1, -0.05) is 12.8 Å². The summed E-state index contributed by atoms with van der Waals surface area (Å²) in [6.45, 7) is 3.12. The normalized spacial score (nSPS) is 16.8. The average Bonchev–Trinajstić information content (AvgIpc) is 3.13. The zero-order valence-electron chi connectivity index (χ0n) is 15.7. The van der Waals surface area contributed by atoms with E-state index in [0.29, 0.717) is 51.1 Å². The number of hydrogen-bond donors (Lipinski definition) is 2. The average molecular weight is 392 g/mol. The van der Waals surface area contributed by atoms with Crippen LogP contribution in [0.1, 0.15) is 25.7 Å². The molecule has 0 aromatic heterocycles. The van der Waals surface area contributed by atoms with Gasteiger partial charge in [-0.05, 0) is 19.4 Å². The smallest absolute Gasteiger partial charge is 0.249 e. The summed E-state index contributed by atoms with van der Waals surface area (Å²) in [5, 5.41) is 2.93. The number of amides is 2. The maximum absolute atomic E-state index is 12.3. The van der Waals surface area contributed by atoms with E-state index in [9.17, 15) is 9.59 Å². The number of unbranched alkanes of at least 4 members (excludes halogenated alkanes) is 3. The molecule has 1 heterocycles. The fourth-order valence-corrected chi connectivity index (χ4v) is 3.64. The predicted octanol–water partition coefficient (Wildman–Crippen LogP) is 0.203. The number of carbonyl (C=O) groups is 2. The summed E-state index contributed by atoms with van der Waals surface area (Å²) in [5.74, 6) is 0.923. The number of ether oxygens (including phenoxy) is 3. The van der Waals surface area contributed by atoms with Crippen molar-refractivity contribution in [2.24, 2.45) is 5.73 Å². The van der Waals surface area contributed by atoms with E-state index < -0.39 is 6.04 Å². The second kappa shape index (κ2) is 15.2. The van der Waals surface area contributed by atoms with Gasteiger partial charge in [-0.25, -0.2) is 0 Å². The first-order chi connectivity index (χ1) is 12.7. The molecule has 1 unspecified atom stereocenters. The number of rotatable bonds is 15. The summed E-state index contributed by atoms with van der Waals surface area (Å²) in [5.41, 5.74) is 5.46. The third-order valence-electron chi connectivity index (χ3n) is 3.96. The molecule has 3 N–H and O–H groups in total. The minimum atomic E-state index is -0.405. The van der Waals surface area contributed by atoms with Crippen LogP contribution in [0.25, 0.3) is 0 Å². The number of nitrogens with two attached hydrogens (primary N) is 1. The van der Waals surface area contributed by atoms with E-state index in [1.54, 1.807) is 23.8 Å². The van der Waals surface area contributed by atoms with Crippen LogP contribution < -0.4 is 11.1 Å². The zero-order chi connectivity index (χ0) is 19.0. The number of nitrogens with zero attached hydrogens (tertiary/aromatic N) is 1. The van der Waals surface area contributed by atoms with E-state index in [1.807, 2.05) is 0 Å². The van der Waals surface area contributed by atoms with Gasteiger partial charge in [-0.3, -0.25) is 9.59 Å². The molecular formula is C17H33N3O5S. The van der Waals surface area contributed by atoms with Crippen molar-refractivity contribution in [2.75, 3.05) is 64.9 Å². The van der Waals surface area contributed by atoms with Crippen molar-refractivity contribution < 1.29 is 23.8 Å². The van der Waals surface area contributed by atoms with Crippen LogP contribution in [0.4, 0.5) is 0 Å². The molecule has 1 saturated heterocycles. The lowest BCUT2D eigenvalue weighted by molar-refractivity contribution is -0.142. The standard InChI is InChI=1S/C17H33N3O5S/c1-23-8-9-24-10-11-25-12-16(21)20-14-26-13-15(20)17(22)19-7-5-3-2-4-6-18/h15H,2-14,18H2,1H3,(H,19,22). The highest BCUT2D eigenvalue weighted by Gasteiger charge is 2.34. The first-order valence-corrected chi connectivity index (χ1v) is 10.4. The van der Waals surface area contributed by atoms with Gasteiger partial charge in [0, 0.05) is 19.4 Å². The highest BCUT2D eigenvalue weighted by Crippen LogP contribution is 2.21. The lowest BCUT2D eigenvalue weighted by Gasteiger charge is -2.23. The molecule has 0 aliphatic carbocycles. The minimum absolute atomic E-state index is 0.0307. The van der Waals surface area contributed by atoms with Crippen molar-refractivity contribution in [1.29, 1.82) is 0 Å². The molecule has 0 aromatic rings. The summed E-state index contributed by atoms with van der Waals surface area (Å²) in [6.07, 6.45) is 4.10. The molecule has 1 atom stereocenters. The van der Waals surface area contributed by atoms with E-state index in [1.165, 1.54) is 0 Å². The zero-order valence-corrected chi connectivity index (χ0v) is 16.6. The number of carbonyl (C=O) groups excluding carboxylic acids is 2. The van der Waals surface area contributed by atoms with Gasteiger partial charge < -0.3 is 30.2 Å². The van der Waals surface area contributed by atoms with Crippen LogP contribution in [0.2, 0.25) is 0 Å². The Bertz CT molecular complexity index is 401. The number of hydrogen-bond acceptors (Lipinski definition) is 7. The Morgan fingerprint density at radius 1 is 1.12 bits per heavy atom. The lowest BCUT2D eigenvalue weighted by Crippen LogP contribution is -2.48. The number of methoxy groups -OCH3 is 1. The molecule has 9 heteroatoms. The van der Waals surface area contributed by atoms with E-state index in [0.717, 1.165) is 25.7 Å². The van der Waals surface area contributed by atoms with E-state index in [4.69, 9.17) is 19.9 Å². The van der Waals surface area contributed by atoms with Gasteiger partial charge in [0.05, 0.1) is 32.3 Å². The summed E-state index contributed by atoms with van der Waals surface area (Å²) in [6, 6.07) is -0.405. The molecule has 0 bridgehead atoms. The summed E-state index contributed by atoms with van der Waals surface area (Å²) in [7, 11) is 1.61. The molecule has 8 nitrogen and oxygen atoms in total. The van der Waals surface area contributed by atoms with Crippen LogP contribution in [0, 0.1) is 0 Å². The van der Waals surface area contributed by atoms with Gasteiger partial charge in [-0.2, -0.15) is 0 Å². The molecule has 0 aromatic carbocycles. The van der Waals surface area contributed by atoms with Crippen molar-refractivity contribution >= 4 is 23.6 Å². The monoisotopic (exact) mass is 391 g/mol. The maximum atomic E-state index is 12.3. The summed E-state index contributed by atoms with van der Waals surface area (Å²) in [4.78, 5) is 26.2. The predicted molar refractivity (Wildman–Crippen MR) is 102 cm³/mol. The number of nitrogens with one attached hydrogen (secondary N) is 1. The van der Waals surface area contributed by atoms with Crippen molar-refractivity contribution in [3.63, 3.8) is 0 Å². The molecule has 0 saturated carbocycles. The minimum Gasteiger partial charge on any atom is -0.382 e. The number of thioether (sulfide) groups is 1. The highest BCUT2D eigenvalue weighted by atomic mass is 32.2. The molecule has 152 valence electrons. The van der Waals surface area contributed by atoms with Crippen molar-refractivity contribution in [3.8, 4) is 0 Å². The fourth-order valence-electron chi connectivity index (χ4n) is 2.46. The van der Waals surface area contributed by atoms with Crippen LogP contribution >= 0.6 is 11.8 Å². The van der Waals surface area contributed by atoms with Gasteiger partial charge in [0.1, 0.15) is 12.6 Å². The largest absolute Gasteiger partial charge is 0.382 e. The van der Waals surface area contributed by atoms with E-state index in [-0.39, 0.29) is 18.4 Å². The molecule has 1 fully saturated rings. The topological polar surface area (TPSA) is 103 Å². The Labute approximate surface area is 160 Å². The molecule has 2 amide bonds. The quantitative estimate of drug-likeness (QED) is 0.385. The van der Waals surface area contributed by atoms with Crippen LogP contribution in [0.5, 0.6) is 0 Å². The van der Waals surface area contributed by atoms with E-state index in [2.05, 4.69) is 5.32 Å². The Morgan fingerprint density at radius 3 is 2.62 bits per heavy atom.